The summed E-state index contributed by atoms with van der Waals surface area (Å²) in [7, 11) is 2.02. The molecule has 0 radical (unpaired) electrons. The Morgan fingerprint density at radius 2 is 1.80 bits per heavy atom. The Bertz CT molecular complexity index is 1050. The first-order valence-electron chi connectivity index (χ1n) is 10.2. The molecule has 0 saturated carbocycles. The maximum atomic E-state index is 14.7. The third kappa shape index (κ3) is 4.51. The first kappa shape index (κ1) is 21.2. The molecule has 2 nitrogen and oxygen atoms in total. The molecule has 3 aromatic carbocycles. The Kier molecular flexibility index (Phi) is 6.37. The average molecular weight is 441 g/mol. The van der Waals surface area contributed by atoms with Crippen LogP contribution in [0, 0.1) is 19.7 Å². The van der Waals surface area contributed by atoms with Crippen LogP contribution in [-0.2, 0) is 6.54 Å². The van der Waals surface area contributed by atoms with Gasteiger partial charge in [0, 0.05) is 29.1 Å². The van der Waals surface area contributed by atoms with Crippen molar-refractivity contribution in [3.05, 3.63) is 82.1 Å². The number of aryl methyl sites for hydroxylation is 1. The van der Waals surface area contributed by atoms with E-state index < -0.39 is 0 Å². The van der Waals surface area contributed by atoms with Crippen molar-refractivity contribution in [1.82, 2.24) is 4.90 Å². The van der Waals surface area contributed by atoms with Crippen LogP contribution in [0.1, 0.15) is 23.1 Å². The number of benzene rings is 3. The second-order valence-electron chi connectivity index (χ2n) is 7.90. The highest BCUT2D eigenvalue weighted by Gasteiger charge is 2.18. The number of likely N-dealkylation sites (tertiary alicyclic amines) is 1. The highest BCUT2D eigenvalue weighted by Crippen LogP contribution is 2.37. The predicted octanol–water partition coefficient (Wildman–Crippen LogP) is 7.11. The molecule has 30 heavy (non-hydrogen) atoms. The summed E-state index contributed by atoms with van der Waals surface area (Å²) < 4.78 is 16.8. The SMILES string of the molecule is Cc1cc(F)c(-c2ccccc2)cc1N(C)Sc1cc(CN2CCC2)cc(Cl)c1C. The normalized spacial score (nSPS) is 13.9. The molecule has 0 spiro atoms. The first-order chi connectivity index (χ1) is 14.4. The molecule has 4 rings (SSSR count). The zero-order valence-corrected chi connectivity index (χ0v) is 19.2. The number of hydrogen-bond acceptors (Lipinski definition) is 3. The van der Waals surface area contributed by atoms with Crippen LogP contribution >= 0.6 is 23.5 Å². The van der Waals surface area contributed by atoms with Gasteiger partial charge in [-0.15, -0.1) is 0 Å². The summed E-state index contributed by atoms with van der Waals surface area (Å²) in [6, 6.07) is 17.6. The highest BCUT2D eigenvalue weighted by molar-refractivity contribution is 8.00. The van der Waals surface area contributed by atoms with Crippen LogP contribution in [0.2, 0.25) is 5.02 Å². The summed E-state index contributed by atoms with van der Waals surface area (Å²) in [6.07, 6.45) is 1.28. The molecule has 5 heteroatoms. The molecule has 0 atom stereocenters. The molecule has 0 amide bonds. The fourth-order valence-electron chi connectivity index (χ4n) is 3.73. The van der Waals surface area contributed by atoms with Crippen LogP contribution in [0.25, 0.3) is 11.1 Å². The second kappa shape index (κ2) is 9.01. The van der Waals surface area contributed by atoms with E-state index in [1.54, 1.807) is 18.0 Å². The Labute approximate surface area is 187 Å². The minimum atomic E-state index is -0.198. The molecule has 1 saturated heterocycles. The predicted molar refractivity (Wildman–Crippen MR) is 127 cm³/mol. The molecule has 0 aromatic heterocycles. The summed E-state index contributed by atoms with van der Waals surface area (Å²) in [6.45, 7) is 7.25. The molecular formula is C25H26ClFN2S. The summed E-state index contributed by atoms with van der Waals surface area (Å²) in [5, 5.41) is 0.796. The van der Waals surface area contributed by atoms with Crippen LogP contribution in [-0.4, -0.2) is 25.0 Å². The summed E-state index contributed by atoms with van der Waals surface area (Å²) in [5.41, 5.74) is 5.70. The van der Waals surface area contributed by atoms with E-state index in [0.29, 0.717) is 5.56 Å². The van der Waals surface area contributed by atoms with Gasteiger partial charge < -0.3 is 4.31 Å². The fraction of sp³-hybridized carbons (Fsp3) is 0.280. The van der Waals surface area contributed by atoms with E-state index in [9.17, 15) is 4.39 Å². The fourth-order valence-corrected chi connectivity index (χ4v) is 5.07. The van der Waals surface area contributed by atoms with Gasteiger partial charge in [-0.2, -0.15) is 0 Å². The third-order valence-electron chi connectivity index (χ3n) is 5.66. The molecule has 0 N–H and O–H groups in total. The van der Waals surface area contributed by atoms with Crippen molar-refractivity contribution >= 4 is 29.2 Å². The van der Waals surface area contributed by atoms with Crippen LogP contribution in [0.4, 0.5) is 10.1 Å². The monoisotopic (exact) mass is 440 g/mol. The molecular weight excluding hydrogens is 415 g/mol. The third-order valence-corrected chi connectivity index (χ3v) is 7.14. The lowest BCUT2D eigenvalue weighted by molar-refractivity contribution is 0.172. The minimum Gasteiger partial charge on any atom is -0.315 e. The zero-order chi connectivity index (χ0) is 21.3. The van der Waals surface area contributed by atoms with Gasteiger partial charge in [-0.05, 0) is 91.8 Å². The lowest BCUT2D eigenvalue weighted by atomic mass is 10.0. The lowest BCUT2D eigenvalue weighted by Crippen LogP contribution is -2.36. The number of rotatable bonds is 6. The van der Waals surface area contributed by atoms with E-state index in [4.69, 9.17) is 11.6 Å². The van der Waals surface area contributed by atoms with Crippen molar-refractivity contribution in [1.29, 1.82) is 0 Å². The maximum Gasteiger partial charge on any atom is 0.131 e. The lowest BCUT2D eigenvalue weighted by Gasteiger charge is -2.31. The van der Waals surface area contributed by atoms with Crippen molar-refractivity contribution in [3.63, 3.8) is 0 Å². The Hall–Kier alpha value is -2.01. The van der Waals surface area contributed by atoms with Crippen molar-refractivity contribution in [2.75, 3.05) is 24.4 Å². The van der Waals surface area contributed by atoms with Crippen molar-refractivity contribution in [2.24, 2.45) is 0 Å². The summed E-state index contributed by atoms with van der Waals surface area (Å²) >= 11 is 8.19. The zero-order valence-electron chi connectivity index (χ0n) is 17.6. The van der Waals surface area contributed by atoms with E-state index in [1.165, 1.54) is 12.0 Å². The number of nitrogens with zero attached hydrogens (tertiary/aromatic N) is 2. The molecule has 3 aromatic rings. The van der Waals surface area contributed by atoms with Gasteiger partial charge in [0.1, 0.15) is 5.82 Å². The summed E-state index contributed by atoms with van der Waals surface area (Å²) in [4.78, 5) is 3.56. The smallest absolute Gasteiger partial charge is 0.131 e. The number of anilines is 1. The Morgan fingerprint density at radius 3 is 2.47 bits per heavy atom. The van der Waals surface area contributed by atoms with Gasteiger partial charge in [0.25, 0.3) is 0 Å². The Morgan fingerprint density at radius 1 is 1.07 bits per heavy atom. The van der Waals surface area contributed by atoms with Gasteiger partial charge in [-0.3, -0.25) is 4.90 Å². The number of halogens is 2. The van der Waals surface area contributed by atoms with E-state index >= 15 is 0 Å². The van der Waals surface area contributed by atoms with E-state index in [-0.39, 0.29) is 5.82 Å². The molecule has 1 aliphatic heterocycles. The van der Waals surface area contributed by atoms with E-state index in [2.05, 4.69) is 28.3 Å². The summed E-state index contributed by atoms with van der Waals surface area (Å²) in [5.74, 6) is -0.198. The largest absolute Gasteiger partial charge is 0.315 e. The maximum absolute atomic E-state index is 14.7. The van der Waals surface area contributed by atoms with Gasteiger partial charge in [0.05, 0.1) is 5.69 Å². The average Bonchev–Trinajstić information content (AvgIpc) is 2.69. The van der Waals surface area contributed by atoms with Gasteiger partial charge in [0.2, 0.25) is 0 Å². The molecule has 0 unspecified atom stereocenters. The van der Waals surface area contributed by atoms with Crippen LogP contribution < -0.4 is 4.31 Å². The molecule has 156 valence electrons. The standard InChI is InChI=1S/C25H26ClFN2S/c1-17-12-23(27)21(20-8-5-4-6-9-20)15-24(17)28(3)30-25-14-19(13-22(26)18(25)2)16-29-10-7-11-29/h4-6,8-9,12-15H,7,10-11,16H2,1-3H3. The van der Waals surface area contributed by atoms with Crippen LogP contribution in [0.5, 0.6) is 0 Å². The van der Waals surface area contributed by atoms with Gasteiger partial charge >= 0.3 is 0 Å². The van der Waals surface area contributed by atoms with Crippen molar-refractivity contribution < 1.29 is 4.39 Å². The topological polar surface area (TPSA) is 6.48 Å². The number of hydrogen-bond donors (Lipinski definition) is 0. The molecule has 0 bridgehead atoms. The second-order valence-corrected chi connectivity index (χ2v) is 9.48. The molecule has 1 aliphatic rings. The van der Waals surface area contributed by atoms with Gasteiger partial charge in [-0.1, -0.05) is 41.9 Å². The van der Waals surface area contributed by atoms with Crippen LogP contribution in [0.3, 0.4) is 0 Å². The van der Waals surface area contributed by atoms with E-state index in [0.717, 1.165) is 51.9 Å². The van der Waals surface area contributed by atoms with Gasteiger partial charge in [-0.25, -0.2) is 4.39 Å². The molecule has 1 heterocycles. The van der Waals surface area contributed by atoms with Crippen molar-refractivity contribution in [2.45, 2.75) is 31.7 Å². The Balaban J connectivity index is 1.63. The minimum absolute atomic E-state index is 0.198. The molecule has 0 aliphatic carbocycles. The first-order valence-corrected chi connectivity index (χ1v) is 11.4. The highest BCUT2D eigenvalue weighted by atomic mass is 35.5. The quantitative estimate of drug-likeness (QED) is 0.377. The van der Waals surface area contributed by atoms with Crippen molar-refractivity contribution in [3.8, 4) is 11.1 Å². The van der Waals surface area contributed by atoms with E-state index in [1.807, 2.05) is 50.4 Å². The van der Waals surface area contributed by atoms with Crippen LogP contribution in [0.15, 0.2) is 59.5 Å². The van der Waals surface area contributed by atoms with Gasteiger partial charge in [0.15, 0.2) is 0 Å². The molecule has 1 fully saturated rings.